The minimum absolute atomic E-state index is 0.243. The molecule has 4 heteroatoms. The van der Waals surface area contributed by atoms with E-state index >= 15 is 0 Å². The lowest BCUT2D eigenvalue weighted by molar-refractivity contribution is 0.0639. The molecular weight excluding hydrogens is 260 g/mol. The molecule has 0 saturated carbocycles. The number of piperazine rings is 1. The van der Waals surface area contributed by atoms with E-state index in [1.807, 2.05) is 12.4 Å². The highest BCUT2D eigenvalue weighted by molar-refractivity contribution is 5.85. The van der Waals surface area contributed by atoms with Crippen molar-refractivity contribution >= 4 is 10.8 Å². The number of nitrogens with two attached hydrogens (primary N) is 1. The van der Waals surface area contributed by atoms with Gasteiger partial charge in [-0.3, -0.25) is 9.88 Å². The predicted molar refractivity (Wildman–Crippen MR) is 87.2 cm³/mol. The second-order valence-corrected chi connectivity index (χ2v) is 6.05. The highest BCUT2D eigenvalue weighted by Crippen LogP contribution is 2.29. The summed E-state index contributed by atoms with van der Waals surface area (Å²) >= 11 is 0. The second-order valence-electron chi connectivity index (χ2n) is 6.05. The molecule has 0 spiro atoms. The maximum Gasteiger partial charge on any atom is 0.0495 e. The van der Waals surface area contributed by atoms with E-state index in [2.05, 4.69) is 53.0 Å². The Morgan fingerprint density at radius 2 is 2.10 bits per heavy atom. The molecule has 0 bridgehead atoms. The third-order valence-electron chi connectivity index (χ3n) is 4.56. The fourth-order valence-corrected chi connectivity index (χ4v) is 3.46. The molecule has 3 rings (SSSR count). The van der Waals surface area contributed by atoms with E-state index in [0.29, 0.717) is 12.6 Å². The molecule has 1 aromatic carbocycles. The minimum atomic E-state index is 0.243. The maximum absolute atomic E-state index is 6.14. The fraction of sp³-hybridized carbons (Fsp3) is 0.471. The lowest BCUT2D eigenvalue weighted by atomic mass is 9.98. The Balaban J connectivity index is 1.98. The van der Waals surface area contributed by atoms with Crippen LogP contribution >= 0.6 is 0 Å². The number of nitrogens with zero attached hydrogens (tertiary/aromatic N) is 3. The van der Waals surface area contributed by atoms with Gasteiger partial charge in [0.05, 0.1) is 0 Å². The van der Waals surface area contributed by atoms with Crippen LogP contribution in [-0.4, -0.2) is 54.1 Å². The average molecular weight is 284 g/mol. The van der Waals surface area contributed by atoms with E-state index in [4.69, 9.17) is 5.73 Å². The molecular formula is C17H24N4. The highest BCUT2D eigenvalue weighted by atomic mass is 15.3. The van der Waals surface area contributed by atoms with Gasteiger partial charge in [0.15, 0.2) is 0 Å². The van der Waals surface area contributed by atoms with Crippen molar-refractivity contribution in [3.8, 4) is 0 Å². The summed E-state index contributed by atoms with van der Waals surface area (Å²) in [6.07, 6.45) is 3.92. The third-order valence-corrected chi connectivity index (χ3v) is 4.56. The summed E-state index contributed by atoms with van der Waals surface area (Å²) in [6.45, 7) is 6.16. The minimum Gasteiger partial charge on any atom is -0.329 e. The molecule has 2 heterocycles. The van der Waals surface area contributed by atoms with Crippen molar-refractivity contribution in [1.82, 2.24) is 14.8 Å². The molecule has 2 N–H and O–H groups in total. The van der Waals surface area contributed by atoms with Crippen molar-refractivity contribution in [1.29, 1.82) is 0 Å². The van der Waals surface area contributed by atoms with E-state index in [1.165, 1.54) is 16.3 Å². The van der Waals surface area contributed by atoms with Gasteiger partial charge < -0.3 is 10.6 Å². The van der Waals surface area contributed by atoms with Gasteiger partial charge in [0.25, 0.3) is 0 Å². The van der Waals surface area contributed by atoms with Crippen LogP contribution in [0.25, 0.3) is 10.8 Å². The van der Waals surface area contributed by atoms with E-state index in [1.54, 1.807) is 0 Å². The van der Waals surface area contributed by atoms with Crippen LogP contribution < -0.4 is 5.73 Å². The lowest BCUT2D eigenvalue weighted by Gasteiger charge is -2.42. The van der Waals surface area contributed by atoms with Crippen LogP contribution in [0.15, 0.2) is 36.7 Å². The topological polar surface area (TPSA) is 45.4 Å². The van der Waals surface area contributed by atoms with Crippen molar-refractivity contribution in [2.75, 3.05) is 33.2 Å². The largest absolute Gasteiger partial charge is 0.329 e. The smallest absolute Gasteiger partial charge is 0.0495 e. The van der Waals surface area contributed by atoms with Gasteiger partial charge in [-0.2, -0.15) is 0 Å². The van der Waals surface area contributed by atoms with Crippen LogP contribution in [0.5, 0.6) is 0 Å². The molecule has 2 aromatic rings. The quantitative estimate of drug-likeness (QED) is 0.934. The molecule has 0 aliphatic carbocycles. The van der Waals surface area contributed by atoms with Crippen molar-refractivity contribution in [2.45, 2.75) is 19.0 Å². The van der Waals surface area contributed by atoms with Crippen LogP contribution in [0.1, 0.15) is 18.5 Å². The van der Waals surface area contributed by atoms with Crippen molar-refractivity contribution in [3.63, 3.8) is 0 Å². The normalized spacial score (nSPS) is 22.5. The molecule has 1 saturated heterocycles. The Labute approximate surface area is 126 Å². The Kier molecular flexibility index (Phi) is 4.19. The summed E-state index contributed by atoms with van der Waals surface area (Å²) in [5.74, 6) is 0. The SMILES string of the molecule is CC1CN(C)CCN1C(CN)c1cncc2ccccc12. The van der Waals surface area contributed by atoms with Crippen LogP contribution in [0, 0.1) is 0 Å². The number of aromatic nitrogens is 1. The van der Waals surface area contributed by atoms with E-state index in [0.717, 1.165) is 19.6 Å². The monoisotopic (exact) mass is 284 g/mol. The molecule has 0 amide bonds. The number of benzene rings is 1. The zero-order valence-corrected chi connectivity index (χ0v) is 12.9. The van der Waals surface area contributed by atoms with E-state index in [-0.39, 0.29) is 6.04 Å². The van der Waals surface area contributed by atoms with E-state index in [9.17, 15) is 0 Å². The number of rotatable bonds is 3. The number of likely N-dealkylation sites (N-methyl/N-ethyl adjacent to an activating group) is 1. The Hall–Kier alpha value is -1.49. The number of hydrogen-bond donors (Lipinski definition) is 1. The standard InChI is InChI=1S/C17H24N4/c1-13-12-20(2)7-8-21(13)17(9-18)16-11-19-10-14-5-3-4-6-15(14)16/h3-6,10-11,13,17H,7-9,12,18H2,1-2H3. The second kappa shape index (κ2) is 6.10. The summed E-state index contributed by atoms with van der Waals surface area (Å²) in [5.41, 5.74) is 7.40. The Morgan fingerprint density at radius 3 is 2.86 bits per heavy atom. The molecule has 4 nitrogen and oxygen atoms in total. The van der Waals surface area contributed by atoms with Crippen molar-refractivity contribution in [2.24, 2.45) is 5.73 Å². The molecule has 1 aliphatic rings. The van der Waals surface area contributed by atoms with Gasteiger partial charge in [-0.25, -0.2) is 0 Å². The lowest BCUT2D eigenvalue weighted by Crippen LogP contribution is -2.52. The molecule has 112 valence electrons. The predicted octanol–water partition coefficient (Wildman–Crippen LogP) is 1.87. The van der Waals surface area contributed by atoms with Gasteiger partial charge in [0, 0.05) is 56.0 Å². The van der Waals surface area contributed by atoms with Gasteiger partial charge >= 0.3 is 0 Å². The first-order chi connectivity index (χ1) is 10.2. The number of fused-ring (bicyclic) bond motifs is 1. The first kappa shape index (κ1) is 14.4. The fourth-order valence-electron chi connectivity index (χ4n) is 3.46. The van der Waals surface area contributed by atoms with E-state index < -0.39 is 0 Å². The summed E-state index contributed by atoms with van der Waals surface area (Å²) in [7, 11) is 2.19. The Morgan fingerprint density at radius 1 is 1.29 bits per heavy atom. The first-order valence-electron chi connectivity index (χ1n) is 7.67. The average Bonchev–Trinajstić information content (AvgIpc) is 2.50. The van der Waals surface area contributed by atoms with Gasteiger partial charge in [-0.05, 0) is 24.9 Å². The number of pyridine rings is 1. The molecule has 1 fully saturated rings. The van der Waals surface area contributed by atoms with Crippen LogP contribution in [0.2, 0.25) is 0 Å². The number of hydrogen-bond acceptors (Lipinski definition) is 4. The summed E-state index contributed by atoms with van der Waals surface area (Å²) in [6, 6.07) is 9.20. The van der Waals surface area contributed by atoms with Crippen LogP contribution in [-0.2, 0) is 0 Å². The molecule has 0 radical (unpaired) electrons. The zero-order valence-electron chi connectivity index (χ0n) is 12.9. The van der Waals surface area contributed by atoms with Crippen molar-refractivity contribution in [3.05, 3.63) is 42.2 Å². The summed E-state index contributed by atoms with van der Waals surface area (Å²) in [5, 5.41) is 2.46. The molecule has 1 aliphatic heterocycles. The van der Waals surface area contributed by atoms with Gasteiger partial charge in [-0.15, -0.1) is 0 Å². The molecule has 2 atom stereocenters. The zero-order chi connectivity index (χ0) is 14.8. The Bertz CT molecular complexity index is 607. The summed E-state index contributed by atoms with van der Waals surface area (Å²) in [4.78, 5) is 9.34. The highest BCUT2D eigenvalue weighted by Gasteiger charge is 2.29. The van der Waals surface area contributed by atoms with Crippen LogP contribution in [0.4, 0.5) is 0 Å². The van der Waals surface area contributed by atoms with Crippen molar-refractivity contribution < 1.29 is 0 Å². The van der Waals surface area contributed by atoms with Crippen LogP contribution in [0.3, 0.4) is 0 Å². The molecule has 21 heavy (non-hydrogen) atoms. The summed E-state index contributed by atoms with van der Waals surface area (Å²) < 4.78 is 0. The molecule has 2 unspecified atom stereocenters. The van der Waals surface area contributed by atoms with Gasteiger partial charge in [0.1, 0.15) is 0 Å². The maximum atomic E-state index is 6.14. The van der Waals surface area contributed by atoms with Gasteiger partial charge in [0.2, 0.25) is 0 Å². The molecule has 1 aromatic heterocycles. The van der Waals surface area contributed by atoms with Gasteiger partial charge in [-0.1, -0.05) is 24.3 Å². The third kappa shape index (κ3) is 2.79. The first-order valence-corrected chi connectivity index (χ1v) is 7.67.